The summed E-state index contributed by atoms with van der Waals surface area (Å²) in [4.78, 5) is 23.6. The summed E-state index contributed by atoms with van der Waals surface area (Å²) in [6, 6.07) is 0. The molecule has 0 rings (SSSR count). The first kappa shape index (κ1) is 36.6. The van der Waals surface area contributed by atoms with Crippen molar-refractivity contribution >= 4 is 35.5 Å². The van der Waals surface area contributed by atoms with Gasteiger partial charge in [-0.15, -0.1) is 0 Å². The first-order chi connectivity index (χ1) is 18.2. The highest BCUT2D eigenvalue weighted by atomic mass is 32.2. The summed E-state index contributed by atoms with van der Waals surface area (Å²) in [7, 11) is 0. The molecular weight excluding hydrogens is 504 g/mol. The second-order valence-corrected chi connectivity index (χ2v) is 12.2. The van der Waals surface area contributed by atoms with Gasteiger partial charge in [0.2, 0.25) is 0 Å². The monoisotopic (exact) mass is 562 g/mol. The predicted molar refractivity (Wildman–Crippen MR) is 162 cm³/mol. The number of thioether (sulfide) groups is 2. The third kappa shape index (κ3) is 31.7. The van der Waals surface area contributed by atoms with E-state index >= 15 is 0 Å². The number of ether oxygens (including phenoxy) is 2. The lowest BCUT2D eigenvalue weighted by Crippen LogP contribution is -2.10. The number of hydrogen-bond acceptors (Lipinski definition) is 8. The molecule has 0 spiro atoms. The van der Waals surface area contributed by atoms with Crippen LogP contribution in [0.4, 0.5) is 0 Å². The summed E-state index contributed by atoms with van der Waals surface area (Å²) in [6.07, 6.45) is 20.9. The van der Waals surface area contributed by atoms with E-state index in [1.165, 1.54) is 88.6 Å². The van der Waals surface area contributed by atoms with Crippen LogP contribution >= 0.6 is 23.5 Å². The van der Waals surface area contributed by atoms with E-state index in [1.807, 2.05) is 23.5 Å². The van der Waals surface area contributed by atoms with Crippen molar-refractivity contribution in [1.29, 1.82) is 0 Å². The first-order valence-corrected chi connectivity index (χ1v) is 17.4. The van der Waals surface area contributed by atoms with Gasteiger partial charge in [-0.05, 0) is 37.2 Å². The van der Waals surface area contributed by atoms with Gasteiger partial charge in [0, 0.05) is 43.9 Å². The summed E-state index contributed by atoms with van der Waals surface area (Å²) < 4.78 is 10.5. The minimum absolute atomic E-state index is 0.133. The van der Waals surface area contributed by atoms with Gasteiger partial charge in [-0.1, -0.05) is 77.0 Å². The summed E-state index contributed by atoms with van der Waals surface area (Å²) in [5.41, 5.74) is 11.0. The fourth-order valence-electron chi connectivity index (χ4n) is 4.01. The highest BCUT2D eigenvalue weighted by Crippen LogP contribution is 2.13. The average molecular weight is 563 g/mol. The van der Waals surface area contributed by atoms with Crippen LogP contribution in [0.1, 0.15) is 122 Å². The lowest BCUT2D eigenvalue weighted by molar-refractivity contribution is -0.146. The van der Waals surface area contributed by atoms with Gasteiger partial charge in [-0.25, -0.2) is 0 Å². The van der Waals surface area contributed by atoms with E-state index in [4.69, 9.17) is 20.9 Å². The summed E-state index contributed by atoms with van der Waals surface area (Å²) in [5.74, 6) is 4.36. The standard InChI is InChI=1S/C29H58N2O4S2/c30-20-26-36-24-15-11-7-3-1-5-9-13-18-28(32)34-22-17-23-35-29(33)19-14-10-6-2-4-8-12-16-25-37-27-21-31/h1-27,30-31H2. The summed E-state index contributed by atoms with van der Waals surface area (Å²) in [6.45, 7) is 2.24. The number of carbonyl (C=O) groups excluding carboxylic acids is 2. The van der Waals surface area contributed by atoms with Crippen molar-refractivity contribution in [2.45, 2.75) is 122 Å². The molecule has 0 saturated heterocycles. The summed E-state index contributed by atoms with van der Waals surface area (Å²) >= 11 is 3.91. The van der Waals surface area contributed by atoms with Crippen LogP contribution in [0.5, 0.6) is 0 Å². The van der Waals surface area contributed by atoms with Crippen LogP contribution in [0.3, 0.4) is 0 Å². The highest BCUT2D eigenvalue weighted by Gasteiger charge is 2.05. The van der Waals surface area contributed by atoms with Gasteiger partial charge in [-0.2, -0.15) is 23.5 Å². The third-order valence-electron chi connectivity index (χ3n) is 6.18. The van der Waals surface area contributed by atoms with Crippen LogP contribution in [0.25, 0.3) is 0 Å². The fourth-order valence-corrected chi connectivity index (χ4v) is 5.57. The zero-order valence-electron chi connectivity index (χ0n) is 23.7. The Kier molecular flexibility index (Phi) is 31.4. The highest BCUT2D eigenvalue weighted by molar-refractivity contribution is 7.99. The van der Waals surface area contributed by atoms with Gasteiger partial charge < -0.3 is 20.9 Å². The van der Waals surface area contributed by atoms with Crippen molar-refractivity contribution < 1.29 is 19.1 Å². The van der Waals surface area contributed by atoms with Gasteiger partial charge in [0.1, 0.15) is 0 Å². The lowest BCUT2D eigenvalue weighted by Gasteiger charge is -2.07. The molecule has 0 bridgehead atoms. The molecule has 0 unspecified atom stereocenters. The molecule has 0 amide bonds. The van der Waals surface area contributed by atoms with Crippen LogP contribution in [-0.4, -0.2) is 61.3 Å². The minimum atomic E-state index is -0.133. The molecule has 0 aliphatic heterocycles. The second-order valence-electron chi connectivity index (χ2n) is 9.75. The molecule has 0 heterocycles. The van der Waals surface area contributed by atoms with Crippen LogP contribution < -0.4 is 11.5 Å². The molecule has 0 saturated carbocycles. The van der Waals surface area contributed by atoms with Gasteiger partial charge in [0.15, 0.2) is 0 Å². The molecule has 0 aromatic carbocycles. The van der Waals surface area contributed by atoms with E-state index in [9.17, 15) is 9.59 Å². The molecule has 0 aliphatic rings. The number of carbonyl (C=O) groups is 2. The van der Waals surface area contributed by atoms with Crippen molar-refractivity contribution in [2.75, 3.05) is 49.3 Å². The molecule has 0 aromatic rings. The number of hydrogen-bond donors (Lipinski definition) is 2. The molecule has 0 fully saturated rings. The SMILES string of the molecule is NCCSCCCCCCCCCCC(=O)OCCCOC(=O)CCCCCCCCCCSCCN. The lowest BCUT2D eigenvalue weighted by atomic mass is 10.1. The smallest absolute Gasteiger partial charge is 0.305 e. The molecule has 37 heavy (non-hydrogen) atoms. The second kappa shape index (κ2) is 31.8. The Morgan fingerprint density at radius 1 is 0.432 bits per heavy atom. The van der Waals surface area contributed by atoms with Crippen molar-refractivity contribution in [3.63, 3.8) is 0 Å². The average Bonchev–Trinajstić information content (AvgIpc) is 2.89. The van der Waals surface area contributed by atoms with Crippen LogP contribution in [0, 0.1) is 0 Å². The molecule has 220 valence electrons. The Labute approximate surface area is 236 Å². The molecule has 8 heteroatoms. The van der Waals surface area contributed by atoms with Crippen LogP contribution in [0.15, 0.2) is 0 Å². The summed E-state index contributed by atoms with van der Waals surface area (Å²) in [5, 5.41) is 0. The molecule has 0 radical (unpaired) electrons. The van der Waals surface area contributed by atoms with Gasteiger partial charge in [0.25, 0.3) is 0 Å². The van der Waals surface area contributed by atoms with E-state index in [0.29, 0.717) is 32.5 Å². The zero-order chi connectivity index (χ0) is 27.1. The third-order valence-corrected chi connectivity index (χ3v) is 8.38. The largest absolute Gasteiger partial charge is 0.466 e. The Bertz CT molecular complexity index is 457. The van der Waals surface area contributed by atoms with Crippen molar-refractivity contribution in [3.05, 3.63) is 0 Å². The van der Waals surface area contributed by atoms with E-state index < -0.39 is 0 Å². The molecule has 0 aromatic heterocycles. The van der Waals surface area contributed by atoms with E-state index in [1.54, 1.807) is 0 Å². The maximum atomic E-state index is 11.8. The number of nitrogens with two attached hydrogens (primary N) is 2. The van der Waals surface area contributed by atoms with Gasteiger partial charge >= 0.3 is 11.9 Å². The topological polar surface area (TPSA) is 105 Å². The molecular formula is C29H58N2O4S2. The van der Waals surface area contributed by atoms with E-state index in [2.05, 4.69) is 0 Å². The maximum Gasteiger partial charge on any atom is 0.305 e. The Morgan fingerprint density at radius 3 is 1.11 bits per heavy atom. The maximum absolute atomic E-state index is 11.8. The van der Waals surface area contributed by atoms with E-state index in [-0.39, 0.29) is 11.9 Å². The van der Waals surface area contributed by atoms with Crippen LogP contribution in [0.2, 0.25) is 0 Å². The Hall–Kier alpha value is -0.440. The zero-order valence-corrected chi connectivity index (χ0v) is 25.3. The number of rotatable bonds is 30. The predicted octanol–water partition coefficient (Wildman–Crippen LogP) is 6.87. The van der Waals surface area contributed by atoms with E-state index in [0.717, 1.165) is 50.3 Å². The molecule has 0 atom stereocenters. The van der Waals surface area contributed by atoms with Crippen LogP contribution in [-0.2, 0) is 19.1 Å². The Balaban J connectivity index is 3.27. The quantitative estimate of drug-likeness (QED) is 0.0722. The normalized spacial score (nSPS) is 11.1. The Morgan fingerprint density at radius 2 is 0.757 bits per heavy atom. The fraction of sp³-hybridized carbons (Fsp3) is 0.931. The van der Waals surface area contributed by atoms with Crippen molar-refractivity contribution in [1.82, 2.24) is 0 Å². The first-order valence-electron chi connectivity index (χ1n) is 15.1. The van der Waals surface area contributed by atoms with Crippen molar-refractivity contribution in [3.8, 4) is 0 Å². The van der Waals surface area contributed by atoms with Crippen molar-refractivity contribution in [2.24, 2.45) is 11.5 Å². The van der Waals surface area contributed by atoms with Gasteiger partial charge in [0.05, 0.1) is 13.2 Å². The number of esters is 2. The number of unbranched alkanes of at least 4 members (excludes halogenated alkanes) is 14. The molecule has 4 N–H and O–H groups in total. The molecule has 6 nitrogen and oxygen atoms in total. The minimum Gasteiger partial charge on any atom is -0.466 e. The molecule has 0 aliphatic carbocycles. The van der Waals surface area contributed by atoms with Gasteiger partial charge in [-0.3, -0.25) is 9.59 Å².